The van der Waals surface area contributed by atoms with E-state index in [-0.39, 0.29) is 12.1 Å². The quantitative estimate of drug-likeness (QED) is 0.773. The first-order chi connectivity index (χ1) is 12.6. The van der Waals surface area contributed by atoms with Crippen LogP contribution in [0.1, 0.15) is 29.8 Å². The number of nitrogens with one attached hydrogen (secondary N) is 3. The van der Waals surface area contributed by atoms with Crippen molar-refractivity contribution >= 4 is 11.7 Å². The molecule has 1 atom stereocenters. The predicted molar refractivity (Wildman–Crippen MR) is 104 cm³/mol. The third-order valence-corrected chi connectivity index (χ3v) is 4.58. The van der Waals surface area contributed by atoms with Gasteiger partial charge < -0.3 is 16.0 Å². The molecule has 1 aliphatic heterocycles. The van der Waals surface area contributed by atoms with E-state index in [0.29, 0.717) is 5.69 Å². The van der Waals surface area contributed by atoms with Crippen LogP contribution < -0.4 is 16.0 Å². The van der Waals surface area contributed by atoms with Crippen molar-refractivity contribution in [1.82, 2.24) is 20.5 Å². The highest BCUT2D eigenvalue weighted by atomic mass is 16.2. The van der Waals surface area contributed by atoms with Gasteiger partial charge in [-0.2, -0.15) is 0 Å². The summed E-state index contributed by atoms with van der Waals surface area (Å²) in [7, 11) is 0. The number of hydrogen-bond donors (Lipinski definition) is 3. The molecule has 2 heterocycles. The molecular weight excluding hydrogens is 326 g/mol. The van der Waals surface area contributed by atoms with Crippen molar-refractivity contribution in [3.8, 4) is 0 Å². The zero-order chi connectivity index (χ0) is 18.4. The van der Waals surface area contributed by atoms with Crippen LogP contribution in [0.15, 0.2) is 42.6 Å². The average Bonchev–Trinajstić information content (AvgIpc) is 2.64. The highest BCUT2D eigenvalue weighted by Crippen LogP contribution is 2.16. The highest BCUT2D eigenvalue weighted by Gasteiger charge is 2.13. The Hall–Kier alpha value is -2.44. The van der Waals surface area contributed by atoms with E-state index in [9.17, 15) is 4.79 Å². The summed E-state index contributed by atoms with van der Waals surface area (Å²) in [5, 5.41) is 9.19. The molecule has 0 unspecified atom stereocenters. The van der Waals surface area contributed by atoms with Crippen LogP contribution in [0.2, 0.25) is 0 Å². The van der Waals surface area contributed by atoms with Gasteiger partial charge >= 0.3 is 6.03 Å². The van der Waals surface area contributed by atoms with Crippen molar-refractivity contribution in [3.63, 3.8) is 0 Å². The Morgan fingerprint density at radius 1 is 1.27 bits per heavy atom. The minimum Gasteiger partial charge on any atom is -0.331 e. The van der Waals surface area contributed by atoms with Gasteiger partial charge in [0.2, 0.25) is 0 Å². The van der Waals surface area contributed by atoms with Gasteiger partial charge in [-0.25, -0.2) is 4.79 Å². The lowest BCUT2D eigenvalue weighted by Crippen LogP contribution is -2.42. The maximum atomic E-state index is 12.2. The Kier molecular flexibility index (Phi) is 6.20. The lowest BCUT2D eigenvalue weighted by atomic mass is 10.0. The smallest absolute Gasteiger partial charge is 0.319 e. The molecule has 6 nitrogen and oxygen atoms in total. The molecule has 1 fully saturated rings. The number of carbonyl (C=O) groups excluding carboxylic acids is 1. The number of carbonyl (C=O) groups is 1. The molecule has 1 aromatic heterocycles. The van der Waals surface area contributed by atoms with Crippen LogP contribution in [0.25, 0.3) is 0 Å². The van der Waals surface area contributed by atoms with E-state index in [1.807, 2.05) is 26.0 Å². The van der Waals surface area contributed by atoms with Gasteiger partial charge in [0.15, 0.2) is 0 Å². The largest absolute Gasteiger partial charge is 0.331 e. The molecule has 0 bridgehead atoms. The molecule has 0 saturated carbocycles. The summed E-state index contributed by atoms with van der Waals surface area (Å²) in [6.07, 6.45) is 1.66. The van der Waals surface area contributed by atoms with E-state index in [0.717, 1.165) is 44.0 Å². The summed E-state index contributed by atoms with van der Waals surface area (Å²) in [6, 6.07) is 11.9. The third-order valence-electron chi connectivity index (χ3n) is 4.58. The topological polar surface area (TPSA) is 69.3 Å². The number of benzene rings is 1. The molecule has 3 rings (SSSR count). The molecule has 2 aromatic rings. The van der Waals surface area contributed by atoms with Gasteiger partial charge in [0.25, 0.3) is 0 Å². The molecular formula is C20H27N5O. The van der Waals surface area contributed by atoms with Gasteiger partial charge in [0.05, 0.1) is 17.9 Å². The van der Waals surface area contributed by atoms with E-state index in [2.05, 4.69) is 50.1 Å². The van der Waals surface area contributed by atoms with Crippen LogP contribution in [0.5, 0.6) is 0 Å². The second kappa shape index (κ2) is 8.78. The first-order valence-electron chi connectivity index (χ1n) is 9.12. The Bertz CT molecular complexity index is 725. The number of urea groups is 1. The van der Waals surface area contributed by atoms with Crippen LogP contribution >= 0.6 is 0 Å². The van der Waals surface area contributed by atoms with Crippen molar-refractivity contribution in [2.24, 2.45) is 0 Å². The van der Waals surface area contributed by atoms with Crippen LogP contribution in [-0.2, 0) is 6.54 Å². The monoisotopic (exact) mass is 353 g/mol. The van der Waals surface area contributed by atoms with Gasteiger partial charge in [-0.15, -0.1) is 0 Å². The lowest BCUT2D eigenvalue weighted by molar-refractivity contribution is 0.233. The van der Waals surface area contributed by atoms with Crippen LogP contribution in [0, 0.1) is 6.92 Å². The normalized spacial score (nSPS) is 16.1. The van der Waals surface area contributed by atoms with Crippen molar-refractivity contribution in [2.75, 3.05) is 31.5 Å². The molecule has 3 N–H and O–H groups in total. The second-order valence-electron chi connectivity index (χ2n) is 6.78. The minimum atomic E-state index is -0.226. The summed E-state index contributed by atoms with van der Waals surface area (Å²) in [5.74, 6) is 0. The first-order valence-corrected chi connectivity index (χ1v) is 9.12. The van der Waals surface area contributed by atoms with Crippen molar-refractivity contribution in [1.29, 1.82) is 0 Å². The molecule has 26 heavy (non-hydrogen) atoms. The van der Waals surface area contributed by atoms with E-state index in [4.69, 9.17) is 0 Å². The number of aryl methyl sites for hydroxylation is 1. The Balaban J connectivity index is 1.56. The maximum absolute atomic E-state index is 12.2. The Morgan fingerprint density at radius 3 is 2.81 bits per heavy atom. The van der Waals surface area contributed by atoms with E-state index < -0.39 is 0 Å². The Labute approximate surface area is 155 Å². The summed E-state index contributed by atoms with van der Waals surface area (Å²) in [6.45, 7) is 9.10. The molecule has 1 saturated heterocycles. The molecule has 1 aliphatic rings. The number of anilines is 1. The van der Waals surface area contributed by atoms with Crippen molar-refractivity contribution < 1.29 is 4.79 Å². The molecule has 0 aliphatic carbocycles. The summed E-state index contributed by atoms with van der Waals surface area (Å²) < 4.78 is 0. The average molecular weight is 353 g/mol. The predicted octanol–water partition coefficient (Wildman–Crippen LogP) is 2.68. The number of rotatable bonds is 5. The summed E-state index contributed by atoms with van der Waals surface area (Å²) >= 11 is 0. The zero-order valence-corrected chi connectivity index (χ0v) is 15.5. The number of aromatic nitrogens is 1. The van der Waals surface area contributed by atoms with Crippen molar-refractivity contribution in [2.45, 2.75) is 26.4 Å². The van der Waals surface area contributed by atoms with E-state index >= 15 is 0 Å². The molecule has 0 spiro atoms. The maximum Gasteiger partial charge on any atom is 0.319 e. The molecule has 0 radical (unpaired) electrons. The molecule has 2 amide bonds. The van der Waals surface area contributed by atoms with Gasteiger partial charge in [0, 0.05) is 38.4 Å². The number of hydrogen-bond acceptors (Lipinski definition) is 4. The van der Waals surface area contributed by atoms with Crippen LogP contribution in [0.4, 0.5) is 10.5 Å². The molecule has 138 valence electrons. The second-order valence-corrected chi connectivity index (χ2v) is 6.78. The van der Waals surface area contributed by atoms with Crippen LogP contribution in [0.3, 0.4) is 0 Å². The van der Waals surface area contributed by atoms with Gasteiger partial charge in [-0.05, 0) is 37.1 Å². The minimum absolute atomic E-state index is 0.0728. The van der Waals surface area contributed by atoms with Gasteiger partial charge in [-0.1, -0.05) is 24.3 Å². The first kappa shape index (κ1) is 18.4. The summed E-state index contributed by atoms with van der Waals surface area (Å²) in [5.41, 5.74) is 3.99. The SMILES string of the molecule is Cc1ccc(NC(=O)N[C@@H](C)c2cccc(CN3CCNCC3)c2)cn1. The number of nitrogens with zero attached hydrogens (tertiary/aromatic N) is 2. The Morgan fingerprint density at radius 2 is 2.08 bits per heavy atom. The number of pyridine rings is 1. The van der Waals surface area contributed by atoms with Crippen molar-refractivity contribution in [3.05, 3.63) is 59.4 Å². The standard InChI is InChI=1S/C20H27N5O/c1-15-6-7-19(13-22-15)24-20(26)23-16(2)18-5-3-4-17(12-18)14-25-10-8-21-9-11-25/h3-7,12-13,16,21H,8-11,14H2,1-2H3,(H2,23,24,26)/t16-/m0/s1. The fourth-order valence-corrected chi connectivity index (χ4v) is 3.08. The van der Waals surface area contributed by atoms with E-state index in [1.54, 1.807) is 6.20 Å². The van der Waals surface area contributed by atoms with E-state index in [1.165, 1.54) is 5.56 Å². The lowest BCUT2D eigenvalue weighted by Gasteiger charge is -2.27. The third kappa shape index (κ3) is 5.28. The molecule has 1 aromatic carbocycles. The molecule has 6 heteroatoms. The highest BCUT2D eigenvalue weighted by molar-refractivity contribution is 5.89. The fraction of sp³-hybridized carbons (Fsp3) is 0.400. The van der Waals surface area contributed by atoms with Crippen LogP contribution in [-0.4, -0.2) is 42.1 Å². The van der Waals surface area contributed by atoms with Gasteiger partial charge in [-0.3, -0.25) is 9.88 Å². The number of piperazine rings is 1. The van der Waals surface area contributed by atoms with Gasteiger partial charge in [0.1, 0.15) is 0 Å². The fourth-order valence-electron chi connectivity index (χ4n) is 3.08. The number of amides is 2. The zero-order valence-electron chi connectivity index (χ0n) is 15.5. The summed E-state index contributed by atoms with van der Waals surface area (Å²) in [4.78, 5) is 18.9.